The second kappa shape index (κ2) is 6.91. The van der Waals surface area contributed by atoms with Gasteiger partial charge >= 0.3 is 0 Å². The van der Waals surface area contributed by atoms with Crippen LogP contribution in [0.2, 0.25) is 0 Å². The molecule has 0 spiro atoms. The lowest BCUT2D eigenvalue weighted by Crippen LogP contribution is -2.50. The maximum atomic E-state index is 12.9. The van der Waals surface area contributed by atoms with Crippen molar-refractivity contribution in [3.05, 3.63) is 46.0 Å². The summed E-state index contributed by atoms with van der Waals surface area (Å²) in [4.78, 5) is 10.8. The fourth-order valence-electron chi connectivity index (χ4n) is 2.45. The van der Waals surface area contributed by atoms with Gasteiger partial charge in [-0.25, -0.2) is 0 Å². The van der Waals surface area contributed by atoms with Crippen LogP contribution >= 0.6 is 17.9 Å². The van der Waals surface area contributed by atoms with Crippen LogP contribution in [0.15, 0.2) is 30.3 Å². The number of rotatable bonds is 7. The summed E-state index contributed by atoms with van der Waals surface area (Å²) in [6.45, 7) is 3.07. The van der Waals surface area contributed by atoms with Crippen LogP contribution in [0, 0.1) is 10.1 Å². The van der Waals surface area contributed by atoms with Crippen molar-refractivity contribution >= 4 is 17.9 Å². The molecule has 0 amide bonds. The lowest BCUT2D eigenvalue weighted by molar-refractivity contribution is -0.585. The molecule has 1 aromatic rings. The zero-order valence-corrected chi connectivity index (χ0v) is 14.5. The second-order valence-electron chi connectivity index (χ2n) is 5.77. The summed E-state index contributed by atoms with van der Waals surface area (Å²) in [6.07, 6.45) is 0.729. The Hall–Kier alpha value is -0.900. The third kappa shape index (κ3) is 4.53. The summed E-state index contributed by atoms with van der Waals surface area (Å²) in [5.41, 5.74) is -0.455. The Morgan fingerprint density at radius 2 is 1.86 bits per heavy atom. The van der Waals surface area contributed by atoms with E-state index in [9.17, 15) is 14.7 Å². The van der Waals surface area contributed by atoms with Crippen LogP contribution in [0.25, 0.3) is 0 Å². The first-order valence-corrected chi connectivity index (χ1v) is 9.61. The Kier molecular flexibility index (Phi) is 5.97. The largest absolute Gasteiger partial charge is 0.289 e. The molecular formula is C14H22ClN2O3P. The quantitative estimate of drug-likeness (QED) is 0.321. The molecule has 0 aliphatic heterocycles. The van der Waals surface area contributed by atoms with Crippen LogP contribution in [-0.4, -0.2) is 27.5 Å². The van der Waals surface area contributed by atoms with Crippen molar-refractivity contribution in [3.8, 4) is 0 Å². The van der Waals surface area contributed by atoms with E-state index in [0.717, 1.165) is 5.56 Å². The monoisotopic (exact) mass is 332 g/mol. The molecule has 1 unspecified atom stereocenters. The molecule has 1 atom stereocenters. The Labute approximate surface area is 130 Å². The fraction of sp³-hybridized carbons (Fsp3) is 0.571. The van der Waals surface area contributed by atoms with E-state index in [2.05, 4.69) is 0 Å². The van der Waals surface area contributed by atoms with E-state index in [0.29, 0.717) is 6.42 Å². The van der Waals surface area contributed by atoms with Gasteiger partial charge in [-0.2, -0.15) is 4.67 Å². The number of aryl methyl sites for hydroxylation is 1. The fourth-order valence-corrected chi connectivity index (χ4v) is 6.02. The summed E-state index contributed by atoms with van der Waals surface area (Å²) in [5, 5.41) is 11.3. The van der Waals surface area contributed by atoms with Gasteiger partial charge < -0.3 is 0 Å². The highest BCUT2D eigenvalue weighted by Gasteiger charge is 2.48. The molecule has 0 saturated heterocycles. The molecule has 5 nitrogen and oxygen atoms in total. The van der Waals surface area contributed by atoms with Crippen molar-refractivity contribution in [3.63, 3.8) is 0 Å². The Bertz CT molecular complexity index is 534. The minimum Gasteiger partial charge on any atom is -0.289 e. The molecule has 21 heavy (non-hydrogen) atoms. The average Bonchev–Trinajstić information content (AvgIpc) is 2.36. The summed E-state index contributed by atoms with van der Waals surface area (Å²) < 4.78 is 14.2. The van der Waals surface area contributed by atoms with E-state index in [1.165, 1.54) is 18.5 Å². The van der Waals surface area contributed by atoms with Gasteiger partial charge in [0.15, 0.2) is 0 Å². The average molecular weight is 333 g/mol. The van der Waals surface area contributed by atoms with Gasteiger partial charge in [-0.05, 0) is 37.1 Å². The van der Waals surface area contributed by atoms with E-state index >= 15 is 0 Å². The van der Waals surface area contributed by atoms with E-state index < -0.39 is 17.2 Å². The van der Waals surface area contributed by atoms with Crippen molar-refractivity contribution in [1.29, 1.82) is 0 Å². The molecule has 0 radical (unpaired) electrons. The minimum atomic E-state index is -3.34. The molecule has 0 bridgehead atoms. The molecule has 0 aliphatic carbocycles. The molecule has 0 aliphatic rings. The highest BCUT2D eigenvalue weighted by molar-refractivity contribution is 7.87. The van der Waals surface area contributed by atoms with Gasteiger partial charge in [-0.1, -0.05) is 30.3 Å². The molecule has 1 rings (SSSR count). The summed E-state index contributed by atoms with van der Waals surface area (Å²) in [5.74, 6) is 0. The second-order valence-corrected chi connectivity index (χ2v) is 9.46. The number of hydrogen-bond acceptors (Lipinski definition) is 3. The minimum absolute atomic E-state index is 0.202. The lowest BCUT2D eigenvalue weighted by atomic mass is 10.2. The summed E-state index contributed by atoms with van der Waals surface area (Å²) >= 11 is 6.25. The topological polar surface area (TPSA) is 63.4 Å². The number of benzene rings is 1. The van der Waals surface area contributed by atoms with Crippen molar-refractivity contribution in [2.75, 3.05) is 6.16 Å². The van der Waals surface area contributed by atoms with Crippen LogP contribution in [0.4, 0.5) is 0 Å². The van der Waals surface area contributed by atoms with Crippen LogP contribution in [0.1, 0.15) is 33.3 Å². The van der Waals surface area contributed by atoms with Crippen molar-refractivity contribution in [2.24, 2.45) is 0 Å². The first-order valence-electron chi connectivity index (χ1n) is 6.86. The van der Waals surface area contributed by atoms with Crippen molar-refractivity contribution in [1.82, 2.24) is 4.67 Å². The van der Waals surface area contributed by atoms with Crippen molar-refractivity contribution < 1.29 is 9.49 Å². The van der Waals surface area contributed by atoms with Gasteiger partial charge in [0.25, 0.3) is 5.66 Å². The molecule has 1 aromatic carbocycles. The van der Waals surface area contributed by atoms with Crippen LogP contribution in [0.3, 0.4) is 0 Å². The van der Waals surface area contributed by atoms with Crippen LogP contribution < -0.4 is 0 Å². The van der Waals surface area contributed by atoms with E-state index in [1.54, 1.807) is 13.8 Å². The van der Waals surface area contributed by atoms with Crippen molar-refractivity contribution in [2.45, 2.75) is 45.8 Å². The molecule has 0 fully saturated rings. The lowest BCUT2D eigenvalue weighted by Gasteiger charge is -2.37. The highest BCUT2D eigenvalue weighted by atomic mass is 35.7. The SMILES string of the molecule is CC(C)N(C(C)(C)[N+](=O)[O-])P(=O)(Cl)CCc1ccccc1. The van der Waals surface area contributed by atoms with Gasteiger partial charge in [-0.3, -0.25) is 14.7 Å². The molecule has 118 valence electrons. The first kappa shape index (κ1) is 18.1. The summed E-state index contributed by atoms with van der Waals surface area (Å²) in [7, 11) is 0. The standard InChI is InChI=1S/C14H22ClN2O3P/c1-12(2)16(14(3,4)17(18)19)21(15,20)11-10-13-8-6-5-7-9-13/h5-9,12H,10-11H2,1-4H3. The van der Waals surface area contributed by atoms with Gasteiger partial charge in [-0.15, -0.1) is 0 Å². The first-order chi connectivity index (χ1) is 9.59. The third-order valence-corrected chi connectivity index (χ3v) is 6.70. The smallest absolute Gasteiger partial charge is 0.278 e. The maximum absolute atomic E-state index is 12.9. The van der Waals surface area contributed by atoms with Gasteiger partial charge in [0.1, 0.15) is 0 Å². The Morgan fingerprint density at radius 3 is 2.29 bits per heavy atom. The molecule has 0 heterocycles. The Morgan fingerprint density at radius 1 is 1.33 bits per heavy atom. The highest BCUT2D eigenvalue weighted by Crippen LogP contribution is 2.59. The molecule has 0 N–H and O–H groups in total. The third-order valence-electron chi connectivity index (χ3n) is 3.34. The van der Waals surface area contributed by atoms with Crippen LogP contribution in [0.5, 0.6) is 0 Å². The van der Waals surface area contributed by atoms with E-state index in [4.69, 9.17) is 11.2 Å². The predicted molar refractivity (Wildman–Crippen MR) is 86.5 cm³/mol. The van der Waals surface area contributed by atoms with Crippen LogP contribution in [-0.2, 0) is 11.0 Å². The number of hydrogen-bond donors (Lipinski definition) is 0. The number of nitrogens with zero attached hydrogens (tertiary/aromatic N) is 2. The Balaban J connectivity index is 2.96. The molecular weight excluding hydrogens is 311 g/mol. The zero-order chi connectivity index (χ0) is 16.3. The number of nitro groups is 1. The number of halogens is 1. The molecule has 0 saturated carbocycles. The predicted octanol–water partition coefficient (Wildman–Crippen LogP) is 4.38. The van der Waals surface area contributed by atoms with Gasteiger partial charge in [0.05, 0.1) is 0 Å². The zero-order valence-electron chi connectivity index (χ0n) is 12.8. The molecule has 7 heteroatoms. The van der Waals surface area contributed by atoms with E-state index in [1.807, 2.05) is 30.3 Å². The normalized spacial score (nSPS) is 15.2. The van der Waals surface area contributed by atoms with Gasteiger partial charge in [0, 0.05) is 31.0 Å². The molecule has 0 aromatic heterocycles. The maximum Gasteiger partial charge on any atom is 0.278 e. The van der Waals surface area contributed by atoms with E-state index in [-0.39, 0.29) is 12.2 Å². The van der Waals surface area contributed by atoms with Gasteiger partial charge in [0.2, 0.25) is 6.65 Å². The summed E-state index contributed by atoms with van der Waals surface area (Å²) in [6, 6.07) is 9.26.